The quantitative estimate of drug-likeness (QED) is 0.860. The SMILES string of the molecule is Oc1c2c(c(O)n1CC1CCN(CCc3ccccc3)CC1)CCCC2. The molecule has 140 valence electrons. The number of aromatic nitrogens is 1. The van der Waals surface area contributed by atoms with Crippen molar-refractivity contribution >= 4 is 0 Å². The molecular formula is C22H30N2O2. The van der Waals surface area contributed by atoms with Gasteiger partial charge in [0.2, 0.25) is 0 Å². The number of benzene rings is 1. The number of piperidine rings is 1. The van der Waals surface area contributed by atoms with Crippen molar-refractivity contribution in [1.29, 1.82) is 0 Å². The second kappa shape index (κ2) is 7.75. The molecular weight excluding hydrogens is 324 g/mol. The highest BCUT2D eigenvalue weighted by Gasteiger charge is 2.27. The lowest BCUT2D eigenvalue weighted by Gasteiger charge is -2.32. The largest absolute Gasteiger partial charge is 0.494 e. The summed E-state index contributed by atoms with van der Waals surface area (Å²) in [6, 6.07) is 10.7. The smallest absolute Gasteiger partial charge is 0.197 e. The summed E-state index contributed by atoms with van der Waals surface area (Å²) in [6.45, 7) is 4.09. The van der Waals surface area contributed by atoms with Gasteiger partial charge >= 0.3 is 0 Å². The third-order valence-electron chi connectivity index (χ3n) is 6.23. The van der Waals surface area contributed by atoms with Crippen molar-refractivity contribution in [3.05, 3.63) is 47.0 Å². The van der Waals surface area contributed by atoms with E-state index in [4.69, 9.17) is 0 Å². The molecule has 0 atom stereocenters. The Morgan fingerprint density at radius 1 is 0.885 bits per heavy atom. The zero-order chi connectivity index (χ0) is 17.9. The summed E-state index contributed by atoms with van der Waals surface area (Å²) in [5, 5.41) is 21.1. The van der Waals surface area contributed by atoms with Crippen LogP contribution >= 0.6 is 0 Å². The van der Waals surface area contributed by atoms with E-state index >= 15 is 0 Å². The summed E-state index contributed by atoms with van der Waals surface area (Å²) in [6.07, 6.45) is 7.41. The van der Waals surface area contributed by atoms with Gasteiger partial charge in [-0.15, -0.1) is 0 Å². The number of nitrogens with zero attached hydrogens (tertiary/aromatic N) is 2. The predicted molar refractivity (Wildman–Crippen MR) is 104 cm³/mol. The highest BCUT2D eigenvalue weighted by Crippen LogP contribution is 2.39. The van der Waals surface area contributed by atoms with E-state index in [-0.39, 0.29) is 0 Å². The Morgan fingerprint density at radius 3 is 2.12 bits per heavy atom. The van der Waals surface area contributed by atoms with Gasteiger partial charge in [0, 0.05) is 24.2 Å². The van der Waals surface area contributed by atoms with Gasteiger partial charge in [0.1, 0.15) is 0 Å². The molecule has 2 heterocycles. The standard InChI is InChI=1S/C22H30N2O2/c25-21-19-8-4-5-9-20(19)22(26)24(21)16-18-11-14-23(15-12-18)13-10-17-6-2-1-3-7-17/h1-3,6-7,18,25-26H,4-5,8-16H2. The van der Waals surface area contributed by atoms with E-state index in [1.807, 2.05) is 0 Å². The van der Waals surface area contributed by atoms with Crippen molar-refractivity contribution in [1.82, 2.24) is 9.47 Å². The first-order chi connectivity index (χ1) is 12.7. The summed E-state index contributed by atoms with van der Waals surface area (Å²) in [7, 11) is 0. The van der Waals surface area contributed by atoms with Crippen molar-refractivity contribution in [2.75, 3.05) is 19.6 Å². The van der Waals surface area contributed by atoms with Gasteiger partial charge < -0.3 is 15.1 Å². The monoisotopic (exact) mass is 354 g/mol. The Bertz CT molecular complexity index is 701. The molecule has 1 aliphatic carbocycles. The van der Waals surface area contributed by atoms with Gasteiger partial charge in [0.05, 0.1) is 0 Å². The van der Waals surface area contributed by atoms with Crippen LogP contribution in [0, 0.1) is 5.92 Å². The fourth-order valence-corrected chi connectivity index (χ4v) is 4.58. The Hall–Kier alpha value is -1.94. The van der Waals surface area contributed by atoms with Crippen LogP contribution in [0.3, 0.4) is 0 Å². The highest BCUT2D eigenvalue weighted by atomic mass is 16.3. The Labute approximate surface area is 156 Å². The van der Waals surface area contributed by atoms with E-state index in [1.165, 1.54) is 5.56 Å². The molecule has 0 amide bonds. The normalized spacial score (nSPS) is 18.8. The topological polar surface area (TPSA) is 48.6 Å². The molecule has 2 N–H and O–H groups in total. The van der Waals surface area contributed by atoms with Crippen molar-refractivity contribution < 1.29 is 10.2 Å². The van der Waals surface area contributed by atoms with Gasteiger partial charge in [-0.05, 0) is 69.5 Å². The summed E-state index contributed by atoms with van der Waals surface area (Å²) in [4.78, 5) is 2.55. The number of hydrogen-bond donors (Lipinski definition) is 2. The summed E-state index contributed by atoms with van der Waals surface area (Å²) in [5.41, 5.74) is 3.39. The van der Waals surface area contributed by atoms with Crippen molar-refractivity contribution in [2.24, 2.45) is 5.92 Å². The predicted octanol–water partition coefficient (Wildman–Crippen LogP) is 3.73. The zero-order valence-corrected chi connectivity index (χ0v) is 15.5. The first-order valence-corrected chi connectivity index (χ1v) is 10.1. The first-order valence-electron chi connectivity index (χ1n) is 10.1. The second-order valence-corrected chi connectivity index (χ2v) is 7.94. The van der Waals surface area contributed by atoms with E-state index in [0.29, 0.717) is 17.7 Å². The van der Waals surface area contributed by atoms with E-state index in [2.05, 4.69) is 35.2 Å². The molecule has 1 aromatic carbocycles. The number of rotatable bonds is 5. The van der Waals surface area contributed by atoms with Gasteiger partial charge in [0.25, 0.3) is 0 Å². The van der Waals surface area contributed by atoms with Crippen LogP contribution in [0.25, 0.3) is 0 Å². The number of fused-ring (bicyclic) bond motifs is 1. The van der Waals surface area contributed by atoms with Crippen molar-refractivity contribution in [3.8, 4) is 11.8 Å². The van der Waals surface area contributed by atoms with Crippen molar-refractivity contribution in [3.63, 3.8) is 0 Å². The van der Waals surface area contributed by atoms with Crippen LogP contribution in [0.4, 0.5) is 0 Å². The van der Waals surface area contributed by atoms with Crippen LogP contribution in [0.15, 0.2) is 30.3 Å². The molecule has 4 rings (SSSR count). The Kier molecular flexibility index (Phi) is 5.21. The Morgan fingerprint density at radius 2 is 1.50 bits per heavy atom. The van der Waals surface area contributed by atoms with Crippen LogP contribution in [0.1, 0.15) is 42.4 Å². The summed E-state index contributed by atoms with van der Waals surface area (Å²) < 4.78 is 1.78. The lowest BCUT2D eigenvalue weighted by molar-refractivity contribution is 0.170. The molecule has 4 heteroatoms. The molecule has 0 radical (unpaired) electrons. The van der Waals surface area contributed by atoms with E-state index < -0.39 is 0 Å². The highest BCUT2D eigenvalue weighted by molar-refractivity contribution is 5.46. The molecule has 1 aliphatic heterocycles. The van der Waals surface area contributed by atoms with Gasteiger partial charge in [-0.2, -0.15) is 0 Å². The molecule has 0 unspecified atom stereocenters. The number of aromatic hydroxyl groups is 2. The van der Waals surface area contributed by atoms with Gasteiger partial charge in [-0.25, -0.2) is 0 Å². The van der Waals surface area contributed by atoms with Crippen LogP contribution in [-0.2, 0) is 25.8 Å². The van der Waals surface area contributed by atoms with Gasteiger partial charge in [-0.1, -0.05) is 30.3 Å². The molecule has 0 bridgehead atoms. The second-order valence-electron chi connectivity index (χ2n) is 7.94. The van der Waals surface area contributed by atoms with E-state index in [1.54, 1.807) is 4.57 Å². The Balaban J connectivity index is 1.31. The third kappa shape index (κ3) is 3.61. The van der Waals surface area contributed by atoms with Crippen LogP contribution in [-0.4, -0.2) is 39.3 Å². The lowest BCUT2D eigenvalue weighted by atomic mass is 9.95. The first kappa shape index (κ1) is 17.5. The molecule has 26 heavy (non-hydrogen) atoms. The average Bonchev–Trinajstić information content (AvgIpc) is 2.93. The minimum Gasteiger partial charge on any atom is -0.494 e. The molecule has 1 fully saturated rings. The lowest BCUT2D eigenvalue weighted by Crippen LogP contribution is -2.36. The van der Waals surface area contributed by atoms with Crippen LogP contribution in [0.2, 0.25) is 0 Å². The molecule has 2 aromatic rings. The molecule has 4 nitrogen and oxygen atoms in total. The molecule has 0 saturated carbocycles. The van der Waals surface area contributed by atoms with Gasteiger partial charge in [-0.3, -0.25) is 4.57 Å². The minimum absolute atomic E-state index is 0.323. The molecule has 1 aromatic heterocycles. The molecule has 2 aliphatic rings. The minimum atomic E-state index is 0.323. The third-order valence-corrected chi connectivity index (χ3v) is 6.23. The summed E-state index contributed by atoms with van der Waals surface area (Å²) in [5.74, 6) is 1.18. The number of likely N-dealkylation sites (tertiary alicyclic amines) is 1. The van der Waals surface area contributed by atoms with Crippen molar-refractivity contribution in [2.45, 2.75) is 51.5 Å². The maximum atomic E-state index is 10.5. The maximum absolute atomic E-state index is 10.5. The molecule has 0 spiro atoms. The fraction of sp³-hybridized carbons (Fsp3) is 0.545. The van der Waals surface area contributed by atoms with E-state index in [0.717, 1.165) is 82.3 Å². The van der Waals surface area contributed by atoms with Crippen LogP contribution < -0.4 is 0 Å². The zero-order valence-electron chi connectivity index (χ0n) is 15.5. The maximum Gasteiger partial charge on any atom is 0.197 e. The number of hydrogen-bond acceptors (Lipinski definition) is 3. The average molecular weight is 354 g/mol. The molecule has 1 saturated heterocycles. The van der Waals surface area contributed by atoms with Crippen LogP contribution in [0.5, 0.6) is 11.8 Å². The summed E-state index contributed by atoms with van der Waals surface area (Å²) >= 11 is 0. The fourth-order valence-electron chi connectivity index (χ4n) is 4.58. The van der Waals surface area contributed by atoms with Gasteiger partial charge in [0.15, 0.2) is 11.8 Å². The van der Waals surface area contributed by atoms with E-state index in [9.17, 15) is 10.2 Å².